The van der Waals surface area contributed by atoms with Gasteiger partial charge in [-0.15, -0.1) is 0 Å². The molecule has 1 amide bonds. The summed E-state index contributed by atoms with van der Waals surface area (Å²) in [5.74, 6) is 0.587. The first-order valence-corrected chi connectivity index (χ1v) is 6.80. The molecule has 0 spiro atoms. The number of amides is 1. The molecule has 2 heterocycles. The number of likely N-dealkylation sites (tertiary alicyclic amines) is 1. The van der Waals surface area contributed by atoms with Gasteiger partial charge in [0.25, 0.3) is 0 Å². The monoisotopic (exact) mass is 275 g/mol. The van der Waals surface area contributed by atoms with Crippen LogP contribution in [-0.2, 0) is 20.7 Å². The van der Waals surface area contributed by atoms with Crippen LogP contribution in [-0.4, -0.2) is 42.6 Å². The van der Waals surface area contributed by atoms with Crippen molar-refractivity contribution in [3.8, 4) is 5.75 Å². The summed E-state index contributed by atoms with van der Waals surface area (Å²) in [4.78, 5) is 25.3. The SMILES string of the molecule is COc1ccc(CCC(=O)N2C[C@H]3C[C@@H]2C(=O)O3)cc1. The lowest BCUT2D eigenvalue weighted by Crippen LogP contribution is -2.44. The molecular formula is C15H17NO4. The molecule has 0 unspecified atom stereocenters. The van der Waals surface area contributed by atoms with Gasteiger partial charge in [-0.3, -0.25) is 4.79 Å². The minimum atomic E-state index is -0.344. The number of fused-ring (bicyclic) bond motifs is 2. The van der Waals surface area contributed by atoms with Gasteiger partial charge in [-0.05, 0) is 24.1 Å². The highest BCUT2D eigenvalue weighted by molar-refractivity contribution is 5.87. The van der Waals surface area contributed by atoms with Crippen LogP contribution >= 0.6 is 0 Å². The Bertz CT molecular complexity index is 525. The van der Waals surface area contributed by atoms with Gasteiger partial charge in [-0.2, -0.15) is 0 Å². The van der Waals surface area contributed by atoms with Crippen molar-refractivity contribution < 1.29 is 19.1 Å². The lowest BCUT2D eigenvalue weighted by Gasteiger charge is -2.25. The third-order valence-corrected chi connectivity index (χ3v) is 3.92. The van der Waals surface area contributed by atoms with E-state index in [0.717, 1.165) is 11.3 Å². The molecule has 2 fully saturated rings. The van der Waals surface area contributed by atoms with Gasteiger partial charge in [0, 0.05) is 12.8 Å². The number of esters is 1. The maximum Gasteiger partial charge on any atom is 0.329 e. The first kappa shape index (κ1) is 13.0. The topological polar surface area (TPSA) is 55.8 Å². The summed E-state index contributed by atoms with van der Waals surface area (Å²) in [5, 5.41) is 0. The molecule has 0 saturated carbocycles. The number of hydrogen-bond acceptors (Lipinski definition) is 4. The van der Waals surface area contributed by atoms with E-state index in [1.54, 1.807) is 12.0 Å². The molecule has 5 heteroatoms. The average molecular weight is 275 g/mol. The van der Waals surface area contributed by atoms with Crippen LogP contribution in [0.25, 0.3) is 0 Å². The predicted molar refractivity (Wildman–Crippen MR) is 71.3 cm³/mol. The fourth-order valence-corrected chi connectivity index (χ4v) is 2.81. The van der Waals surface area contributed by atoms with E-state index in [0.29, 0.717) is 25.8 Å². The maximum atomic E-state index is 12.2. The van der Waals surface area contributed by atoms with E-state index in [1.807, 2.05) is 24.3 Å². The molecule has 2 bridgehead atoms. The fourth-order valence-electron chi connectivity index (χ4n) is 2.81. The molecule has 0 aliphatic carbocycles. The molecule has 5 nitrogen and oxygen atoms in total. The number of benzene rings is 1. The van der Waals surface area contributed by atoms with E-state index in [-0.39, 0.29) is 24.0 Å². The van der Waals surface area contributed by atoms with Crippen molar-refractivity contribution in [2.75, 3.05) is 13.7 Å². The summed E-state index contributed by atoms with van der Waals surface area (Å²) in [6, 6.07) is 7.33. The number of hydrogen-bond donors (Lipinski definition) is 0. The minimum absolute atomic E-state index is 0.0324. The normalized spacial score (nSPS) is 23.9. The Morgan fingerprint density at radius 1 is 1.40 bits per heavy atom. The van der Waals surface area contributed by atoms with Crippen molar-refractivity contribution in [1.29, 1.82) is 0 Å². The molecule has 2 aliphatic heterocycles. The Kier molecular flexibility index (Phi) is 3.34. The minimum Gasteiger partial charge on any atom is -0.497 e. The highest BCUT2D eigenvalue weighted by Crippen LogP contribution is 2.29. The summed E-state index contributed by atoms with van der Waals surface area (Å²) >= 11 is 0. The van der Waals surface area contributed by atoms with E-state index >= 15 is 0 Å². The van der Waals surface area contributed by atoms with E-state index < -0.39 is 0 Å². The van der Waals surface area contributed by atoms with Crippen molar-refractivity contribution in [1.82, 2.24) is 4.90 Å². The van der Waals surface area contributed by atoms with Crippen molar-refractivity contribution in [2.24, 2.45) is 0 Å². The second kappa shape index (κ2) is 5.15. The summed E-state index contributed by atoms with van der Waals surface area (Å²) in [7, 11) is 1.63. The number of carbonyl (C=O) groups excluding carboxylic acids is 2. The van der Waals surface area contributed by atoms with Gasteiger partial charge < -0.3 is 14.4 Å². The average Bonchev–Trinajstić information content (AvgIpc) is 3.04. The molecule has 1 aromatic carbocycles. The lowest BCUT2D eigenvalue weighted by atomic mass is 10.1. The first-order valence-electron chi connectivity index (χ1n) is 6.80. The van der Waals surface area contributed by atoms with E-state index in [1.165, 1.54) is 0 Å². The van der Waals surface area contributed by atoms with Crippen LogP contribution in [0.2, 0.25) is 0 Å². The summed E-state index contributed by atoms with van der Waals surface area (Å²) in [5.41, 5.74) is 1.09. The molecule has 0 aromatic heterocycles. The van der Waals surface area contributed by atoms with Gasteiger partial charge in [-0.25, -0.2) is 4.79 Å². The molecule has 2 saturated heterocycles. The largest absolute Gasteiger partial charge is 0.497 e. The number of rotatable bonds is 4. The van der Waals surface area contributed by atoms with Gasteiger partial charge in [0.05, 0.1) is 13.7 Å². The molecule has 20 heavy (non-hydrogen) atoms. The highest BCUT2D eigenvalue weighted by Gasteiger charge is 2.48. The van der Waals surface area contributed by atoms with Crippen molar-refractivity contribution in [3.05, 3.63) is 29.8 Å². The Hall–Kier alpha value is -2.04. The highest BCUT2D eigenvalue weighted by atomic mass is 16.6. The first-order chi connectivity index (χ1) is 9.67. The molecule has 2 atom stereocenters. The zero-order chi connectivity index (χ0) is 14.1. The van der Waals surface area contributed by atoms with E-state index in [9.17, 15) is 9.59 Å². The van der Waals surface area contributed by atoms with Crippen LogP contribution in [0, 0.1) is 0 Å². The zero-order valence-electron chi connectivity index (χ0n) is 11.4. The zero-order valence-corrected chi connectivity index (χ0v) is 11.4. The molecule has 0 N–H and O–H groups in total. The third kappa shape index (κ3) is 2.35. The molecule has 3 rings (SSSR count). The quantitative estimate of drug-likeness (QED) is 0.774. The molecule has 1 aromatic rings. The van der Waals surface area contributed by atoms with Crippen molar-refractivity contribution >= 4 is 11.9 Å². The Morgan fingerprint density at radius 3 is 2.75 bits per heavy atom. The number of aryl methyl sites for hydroxylation is 1. The molecular weight excluding hydrogens is 258 g/mol. The Balaban J connectivity index is 1.55. The number of nitrogens with zero attached hydrogens (tertiary/aromatic N) is 1. The van der Waals surface area contributed by atoms with Crippen LogP contribution in [0.5, 0.6) is 5.75 Å². The lowest BCUT2D eigenvalue weighted by molar-refractivity contribution is -0.157. The van der Waals surface area contributed by atoms with Crippen LogP contribution in [0.3, 0.4) is 0 Å². The molecule has 2 aliphatic rings. The Morgan fingerprint density at radius 2 is 2.15 bits per heavy atom. The summed E-state index contributed by atoms with van der Waals surface area (Å²) in [6.07, 6.45) is 1.67. The van der Waals surface area contributed by atoms with E-state index in [2.05, 4.69) is 0 Å². The predicted octanol–water partition coefficient (Wildman–Crippen LogP) is 1.15. The van der Waals surface area contributed by atoms with Gasteiger partial charge in [0.15, 0.2) is 0 Å². The standard InChI is InChI=1S/C15H17NO4/c1-19-11-5-2-10(3-6-11)4-7-14(17)16-9-12-8-13(16)15(18)20-12/h2-3,5-6,12-13H,4,7-9H2,1H3/t12-,13-/m1/s1. The summed E-state index contributed by atoms with van der Waals surface area (Å²) < 4.78 is 10.2. The van der Waals surface area contributed by atoms with Crippen molar-refractivity contribution in [3.63, 3.8) is 0 Å². The van der Waals surface area contributed by atoms with Crippen LogP contribution in [0.1, 0.15) is 18.4 Å². The Labute approximate surface area is 117 Å². The number of carbonyl (C=O) groups is 2. The van der Waals surface area contributed by atoms with Gasteiger partial charge in [0.2, 0.25) is 5.91 Å². The molecule has 106 valence electrons. The number of ether oxygens (including phenoxy) is 2. The fraction of sp³-hybridized carbons (Fsp3) is 0.467. The van der Waals surface area contributed by atoms with Gasteiger partial charge in [0.1, 0.15) is 17.9 Å². The van der Waals surface area contributed by atoms with Gasteiger partial charge >= 0.3 is 5.97 Å². The maximum absolute atomic E-state index is 12.2. The summed E-state index contributed by atoms with van der Waals surface area (Å²) in [6.45, 7) is 0.553. The van der Waals surface area contributed by atoms with E-state index in [4.69, 9.17) is 9.47 Å². The second-order valence-electron chi connectivity index (χ2n) is 5.20. The van der Waals surface area contributed by atoms with Crippen molar-refractivity contribution in [2.45, 2.75) is 31.4 Å². The van der Waals surface area contributed by atoms with Crippen LogP contribution in [0.4, 0.5) is 0 Å². The third-order valence-electron chi connectivity index (χ3n) is 3.92. The second-order valence-corrected chi connectivity index (χ2v) is 5.20. The molecule has 0 radical (unpaired) electrons. The van der Waals surface area contributed by atoms with Crippen LogP contribution < -0.4 is 4.74 Å². The number of methoxy groups -OCH3 is 1. The van der Waals surface area contributed by atoms with Crippen LogP contribution in [0.15, 0.2) is 24.3 Å². The van der Waals surface area contributed by atoms with Gasteiger partial charge in [-0.1, -0.05) is 12.1 Å². The number of morpholine rings is 1. The smallest absolute Gasteiger partial charge is 0.329 e.